The molecule has 7 nitrogen and oxygen atoms in total. The maximum atomic E-state index is 12.2. The minimum absolute atomic E-state index is 0.0150. The van der Waals surface area contributed by atoms with Gasteiger partial charge in [0.2, 0.25) is 11.8 Å². The van der Waals surface area contributed by atoms with E-state index in [0.717, 1.165) is 0 Å². The van der Waals surface area contributed by atoms with Crippen molar-refractivity contribution in [3.8, 4) is 0 Å². The van der Waals surface area contributed by atoms with Gasteiger partial charge in [0.05, 0.1) is 11.8 Å². The van der Waals surface area contributed by atoms with Crippen LogP contribution in [0.2, 0.25) is 0 Å². The molecule has 0 bridgehead atoms. The predicted octanol–water partition coefficient (Wildman–Crippen LogP) is -0.0908. The molecule has 1 aliphatic heterocycles. The lowest BCUT2D eigenvalue weighted by molar-refractivity contribution is -0.153. The largest absolute Gasteiger partial charge is 0.463 e. The number of ketones is 2. The van der Waals surface area contributed by atoms with Gasteiger partial charge in [-0.15, -0.1) is 0 Å². The molecule has 0 aromatic rings. The van der Waals surface area contributed by atoms with E-state index in [1.165, 1.54) is 6.92 Å². The Morgan fingerprint density at radius 3 is 2.57 bits per heavy atom. The molecule has 3 atom stereocenters. The zero-order valence-electron chi connectivity index (χ0n) is 11.7. The Hall–Kier alpha value is -2.05. The number of hydrogen-bond donors (Lipinski definition) is 1. The fourth-order valence-corrected chi connectivity index (χ4v) is 2.80. The summed E-state index contributed by atoms with van der Waals surface area (Å²) in [6.07, 6.45) is 0.196. The third-order valence-electron chi connectivity index (χ3n) is 3.83. The maximum absolute atomic E-state index is 12.2. The van der Waals surface area contributed by atoms with Crippen LogP contribution in [0, 0.1) is 11.8 Å². The van der Waals surface area contributed by atoms with Gasteiger partial charge in [0.15, 0.2) is 0 Å². The van der Waals surface area contributed by atoms with E-state index in [1.807, 2.05) is 0 Å². The van der Waals surface area contributed by atoms with Crippen LogP contribution in [-0.2, 0) is 28.7 Å². The Balaban J connectivity index is 1.96. The van der Waals surface area contributed by atoms with Crippen molar-refractivity contribution in [1.82, 2.24) is 5.32 Å². The molecule has 1 saturated heterocycles. The topological polar surface area (TPSA) is 107 Å². The van der Waals surface area contributed by atoms with E-state index < -0.39 is 35.7 Å². The minimum atomic E-state index is -0.841. The zero-order chi connectivity index (χ0) is 15.6. The number of carbonyl (C=O) groups is 5. The first-order valence-electron chi connectivity index (χ1n) is 6.93. The molecule has 7 heteroatoms. The summed E-state index contributed by atoms with van der Waals surface area (Å²) in [6, 6.07) is 0. The summed E-state index contributed by atoms with van der Waals surface area (Å²) in [7, 11) is 0. The standard InChI is InChI=1S/C14H17NO6/c1-7(16)21-9-2-3-11(17)10(6-9)12(18)4-8-5-13(19)15-14(8)20/h8-10H,2-6H2,1H3,(H,15,19,20). The van der Waals surface area contributed by atoms with Crippen LogP contribution in [0.3, 0.4) is 0 Å². The summed E-state index contributed by atoms with van der Waals surface area (Å²) in [5.74, 6) is -3.38. The number of amides is 2. The van der Waals surface area contributed by atoms with E-state index in [2.05, 4.69) is 5.32 Å². The van der Waals surface area contributed by atoms with Gasteiger partial charge in [-0.1, -0.05) is 0 Å². The molecule has 2 aliphatic rings. The number of nitrogens with one attached hydrogen (secondary N) is 1. The SMILES string of the molecule is CC(=O)OC1CCC(=O)C(C(=O)CC2CC(=O)NC2=O)C1. The minimum Gasteiger partial charge on any atom is -0.463 e. The first-order valence-corrected chi connectivity index (χ1v) is 6.93. The average molecular weight is 295 g/mol. The molecule has 2 amide bonds. The first kappa shape index (κ1) is 15.3. The molecule has 2 rings (SSSR count). The van der Waals surface area contributed by atoms with Crippen molar-refractivity contribution < 1.29 is 28.7 Å². The number of Topliss-reactive ketones (excluding diaryl/α,β-unsaturated/α-hetero) is 2. The molecule has 0 radical (unpaired) electrons. The van der Waals surface area contributed by atoms with Gasteiger partial charge in [-0.25, -0.2) is 0 Å². The Labute approximate surface area is 121 Å². The van der Waals surface area contributed by atoms with Gasteiger partial charge >= 0.3 is 5.97 Å². The van der Waals surface area contributed by atoms with Crippen LogP contribution in [-0.4, -0.2) is 35.5 Å². The van der Waals surface area contributed by atoms with E-state index >= 15 is 0 Å². The quantitative estimate of drug-likeness (QED) is 0.441. The highest BCUT2D eigenvalue weighted by Gasteiger charge is 2.39. The van der Waals surface area contributed by atoms with E-state index in [1.54, 1.807) is 0 Å². The molecular formula is C14H17NO6. The van der Waals surface area contributed by atoms with Crippen LogP contribution in [0.25, 0.3) is 0 Å². The molecule has 0 aromatic carbocycles. The summed E-state index contributed by atoms with van der Waals surface area (Å²) in [6.45, 7) is 1.28. The molecule has 1 N–H and O–H groups in total. The highest BCUT2D eigenvalue weighted by atomic mass is 16.5. The summed E-state index contributed by atoms with van der Waals surface area (Å²) in [5.41, 5.74) is 0. The second-order valence-corrected chi connectivity index (χ2v) is 5.51. The number of ether oxygens (including phenoxy) is 1. The molecule has 21 heavy (non-hydrogen) atoms. The van der Waals surface area contributed by atoms with Crippen molar-refractivity contribution in [2.75, 3.05) is 0 Å². The molecule has 1 heterocycles. The van der Waals surface area contributed by atoms with Crippen molar-refractivity contribution in [3.05, 3.63) is 0 Å². The fraction of sp³-hybridized carbons (Fsp3) is 0.643. The van der Waals surface area contributed by atoms with Gasteiger partial charge in [-0.05, 0) is 6.42 Å². The molecule has 0 aromatic heterocycles. The lowest BCUT2D eigenvalue weighted by Crippen LogP contribution is -2.36. The van der Waals surface area contributed by atoms with E-state index in [-0.39, 0.29) is 37.2 Å². The predicted molar refractivity (Wildman–Crippen MR) is 68.8 cm³/mol. The molecule has 0 spiro atoms. The average Bonchev–Trinajstić information content (AvgIpc) is 2.69. The molecule has 3 unspecified atom stereocenters. The fourth-order valence-electron chi connectivity index (χ4n) is 2.80. The number of hydrogen-bond acceptors (Lipinski definition) is 6. The number of carbonyl (C=O) groups excluding carboxylic acids is 5. The van der Waals surface area contributed by atoms with E-state index in [0.29, 0.717) is 6.42 Å². The number of rotatable bonds is 4. The lowest BCUT2D eigenvalue weighted by Gasteiger charge is -2.27. The Morgan fingerprint density at radius 2 is 2.00 bits per heavy atom. The van der Waals surface area contributed by atoms with Crippen LogP contribution in [0.1, 0.15) is 39.0 Å². The van der Waals surface area contributed by atoms with Gasteiger partial charge in [-0.2, -0.15) is 0 Å². The van der Waals surface area contributed by atoms with Crippen molar-refractivity contribution in [2.45, 2.75) is 45.1 Å². The van der Waals surface area contributed by atoms with E-state index in [4.69, 9.17) is 4.74 Å². The smallest absolute Gasteiger partial charge is 0.302 e. The Kier molecular flexibility index (Phi) is 4.50. The van der Waals surface area contributed by atoms with Gasteiger partial charge in [0.1, 0.15) is 17.7 Å². The highest BCUT2D eigenvalue weighted by Crippen LogP contribution is 2.27. The molecule has 114 valence electrons. The zero-order valence-corrected chi connectivity index (χ0v) is 11.7. The van der Waals surface area contributed by atoms with E-state index in [9.17, 15) is 24.0 Å². The molecular weight excluding hydrogens is 278 g/mol. The highest BCUT2D eigenvalue weighted by molar-refractivity contribution is 6.08. The van der Waals surface area contributed by atoms with Gasteiger partial charge < -0.3 is 4.74 Å². The third-order valence-corrected chi connectivity index (χ3v) is 3.83. The summed E-state index contributed by atoms with van der Waals surface area (Å²) >= 11 is 0. The van der Waals surface area contributed by atoms with Gasteiger partial charge in [0, 0.05) is 32.6 Å². The van der Waals surface area contributed by atoms with Crippen molar-refractivity contribution >= 4 is 29.4 Å². The monoisotopic (exact) mass is 295 g/mol. The summed E-state index contributed by atoms with van der Waals surface area (Å²) in [5, 5.41) is 2.14. The van der Waals surface area contributed by atoms with Gasteiger partial charge in [-0.3, -0.25) is 29.3 Å². The maximum Gasteiger partial charge on any atom is 0.302 e. The number of esters is 1. The van der Waals surface area contributed by atoms with Crippen LogP contribution < -0.4 is 5.32 Å². The van der Waals surface area contributed by atoms with Gasteiger partial charge in [0.25, 0.3) is 0 Å². The van der Waals surface area contributed by atoms with Crippen molar-refractivity contribution in [2.24, 2.45) is 11.8 Å². The van der Waals surface area contributed by atoms with Crippen molar-refractivity contribution in [3.63, 3.8) is 0 Å². The summed E-state index contributed by atoms with van der Waals surface area (Å²) < 4.78 is 5.05. The Morgan fingerprint density at radius 1 is 1.29 bits per heavy atom. The normalized spacial score (nSPS) is 29.2. The second-order valence-electron chi connectivity index (χ2n) is 5.51. The lowest BCUT2D eigenvalue weighted by atomic mass is 9.80. The van der Waals surface area contributed by atoms with Crippen LogP contribution in [0.5, 0.6) is 0 Å². The second kappa shape index (κ2) is 6.15. The van der Waals surface area contributed by atoms with Crippen LogP contribution in [0.15, 0.2) is 0 Å². The van der Waals surface area contributed by atoms with Crippen molar-refractivity contribution in [1.29, 1.82) is 0 Å². The summed E-state index contributed by atoms with van der Waals surface area (Å²) in [4.78, 5) is 57.5. The van der Waals surface area contributed by atoms with Crippen LogP contribution in [0.4, 0.5) is 0 Å². The molecule has 1 aliphatic carbocycles. The Bertz CT molecular complexity index is 512. The number of imide groups is 1. The van der Waals surface area contributed by atoms with Crippen LogP contribution >= 0.6 is 0 Å². The first-order chi connectivity index (χ1) is 9.86. The molecule has 2 fully saturated rings. The third kappa shape index (κ3) is 3.74. The molecule has 1 saturated carbocycles.